The summed E-state index contributed by atoms with van der Waals surface area (Å²) in [5.41, 5.74) is 2.73. The Balaban J connectivity index is 2.01. The number of piperazine rings is 1. The molecule has 1 fully saturated rings. The third-order valence-corrected chi connectivity index (χ3v) is 3.81. The van der Waals surface area contributed by atoms with E-state index in [0.29, 0.717) is 6.04 Å². The van der Waals surface area contributed by atoms with E-state index in [9.17, 15) is 0 Å². The molecule has 1 unspecified atom stereocenters. The second-order valence-corrected chi connectivity index (χ2v) is 4.95. The van der Waals surface area contributed by atoms with Crippen LogP contribution in [-0.4, -0.2) is 36.1 Å². The Bertz CT molecular complexity index is 529. The van der Waals surface area contributed by atoms with Gasteiger partial charge < -0.3 is 9.88 Å². The predicted molar refractivity (Wildman–Crippen MR) is 71.2 cm³/mol. The SMILES string of the molecule is CN1CCNCC1c1ccc2ccn(C)c2c1. The van der Waals surface area contributed by atoms with E-state index in [0.717, 1.165) is 19.6 Å². The van der Waals surface area contributed by atoms with Gasteiger partial charge in [0.05, 0.1) is 0 Å². The van der Waals surface area contributed by atoms with Crippen molar-refractivity contribution in [2.24, 2.45) is 7.05 Å². The van der Waals surface area contributed by atoms with Gasteiger partial charge in [-0.2, -0.15) is 0 Å². The van der Waals surface area contributed by atoms with Crippen molar-refractivity contribution < 1.29 is 0 Å². The van der Waals surface area contributed by atoms with E-state index in [-0.39, 0.29) is 0 Å². The highest BCUT2D eigenvalue weighted by Crippen LogP contribution is 2.24. The van der Waals surface area contributed by atoms with E-state index < -0.39 is 0 Å². The molecule has 1 aliphatic heterocycles. The zero-order chi connectivity index (χ0) is 11.8. The van der Waals surface area contributed by atoms with Gasteiger partial charge in [0.1, 0.15) is 0 Å². The smallest absolute Gasteiger partial charge is 0.0481 e. The average Bonchev–Trinajstić information content (AvgIpc) is 2.71. The lowest BCUT2D eigenvalue weighted by atomic mass is 10.0. The maximum absolute atomic E-state index is 3.47. The molecule has 0 amide bonds. The predicted octanol–water partition coefficient (Wildman–Crippen LogP) is 1.75. The molecule has 1 aromatic carbocycles. The summed E-state index contributed by atoms with van der Waals surface area (Å²) in [6.45, 7) is 3.27. The number of aryl methyl sites for hydroxylation is 1. The lowest BCUT2D eigenvalue weighted by Crippen LogP contribution is -2.43. The van der Waals surface area contributed by atoms with Crippen LogP contribution in [0, 0.1) is 0 Å². The lowest BCUT2D eigenvalue weighted by Gasteiger charge is -2.33. The fraction of sp³-hybridized carbons (Fsp3) is 0.429. The molecule has 0 saturated carbocycles. The quantitative estimate of drug-likeness (QED) is 0.804. The van der Waals surface area contributed by atoms with E-state index in [4.69, 9.17) is 0 Å². The van der Waals surface area contributed by atoms with Crippen molar-refractivity contribution in [1.82, 2.24) is 14.8 Å². The minimum atomic E-state index is 0.503. The van der Waals surface area contributed by atoms with Crippen molar-refractivity contribution in [3.05, 3.63) is 36.0 Å². The highest BCUT2D eigenvalue weighted by molar-refractivity contribution is 5.80. The first-order valence-electron chi connectivity index (χ1n) is 6.21. The van der Waals surface area contributed by atoms with Gasteiger partial charge in [-0.1, -0.05) is 12.1 Å². The molecule has 17 heavy (non-hydrogen) atoms. The fourth-order valence-corrected chi connectivity index (χ4v) is 2.66. The summed E-state index contributed by atoms with van der Waals surface area (Å²) in [6.07, 6.45) is 2.12. The van der Waals surface area contributed by atoms with Crippen LogP contribution in [0.4, 0.5) is 0 Å². The molecule has 1 aromatic heterocycles. The normalized spacial score (nSPS) is 22.1. The molecule has 3 nitrogen and oxygen atoms in total. The van der Waals surface area contributed by atoms with E-state index >= 15 is 0 Å². The van der Waals surface area contributed by atoms with Crippen LogP contribution in [0.1, 0.15) is 11.6 Å². The molecule has 0 radical (unpaired) electrons. The number of hydrogen-bond donors (Lipinski definition) is 1. The van der Waals surface area contributed by atoms with Crippen LogP contribution in [0.25, 0.3) is 10.9 Å². The number of benzene rings is 1. The maximum Gasteiger partial charge on any atom is 0.0481 e. The summed E-state index contributed by atoms with van der Waals surface area (Å²) in [5, 5.41) is 4.79. The van der Waals surface area contributed by atoms with Crippen LogP contribution in [0.3, 0.4) is 0 Å². The van der Waals surface area contributed by atoms with Crippen LogP contribution >= 0.6 is 0 Å². The van der Waals surface area contributed by atoms with Crippen molar-refractivity contribution in [2.75, 3.05) is 26.7 Å². The van der Waals surface area contributed by atoms with E-state index in [1.165, 1.54) is 16.5 Å². The molecule has 2 heterocycles. The molecule has 0 aliphatic carbocycles. The maximum atomic E-state index is 3.47. The number of likely N-dealkylation sites (N-methyl/N-ethyl adjacent to an activating group) is 1. The first-order valence-corrected chi connectivity index (χ1v) is 6.21. The molecule has 2 aromatic rings. The van der Waals surface area contributed by atoms with Crippen molar-refractivity contribution in [2.45, 2.75) is 6.04 Å². The van der Waals surface area contributed by atoms with Gasteiger partial charge in [-0.25, -0.2) is 0 Å². The van der Waals surface area contributed by atoms with Crippen molar-refractivity contribution in [1.29, 1.82) is 0 Å². The molecule has 0 bridgehead atoms. The van der Waals surface area contributed by atoms with Crippen LogP contribution in [0.5, 0.6) is 0 Å². The van der Waals surface area contributed by atoms with Gasteiger partial charge in [-0.05, 0) is 30.1 Å². The number of fused-ring (bicyclic) bond motifs is 1. The van der Waals surface area contributed by atoms with Gasteiger partial charge >= 0.3 is 0 Å². The Kier molecular flexibility index (Phi) is 2.65. The molecule has 3 heteroatoms. The van der Waals surface area contributed by atoms with E-state index in [2.05, 4.69) is 59.3 Å². The zero-order valence-electron chi connectivity index (χ0n) is 10.5. The molecule has 1 saturated heterocycles. The molecular formula is C14H19N3. The Hall–Kier alpha value is -1.32. The van der Waals surface area contributed by atoms with Crippen molar-refractivity contribution >= 4 is 10.9 Å². The first kappa shape index (κ1) is 10.8. The molecule has 0 spiro atoms. The third kappa shape index (κ3) is 1.85. The molecule has 3 rings (SSSR count). The number of nitrogens with zero attached hydrogens (tertiary/aromatic N) is 2. The van der Waals surface area contributed by atoms with Crippen molar-refractivity contribution in [3.8, 4) is 0 Å². The van der Waals surface area contributed by atoms with Gasteiger partial charge in [-0.15, -0.1) is 0 Å². The number of nitrogens with one attached hydrogen (secondary N) is 1. The Morgan fingerprint density at radius 1 is 1.24 bits per heavy atom. The second-order valence-electron chi connectivity index (χ2n) is 4.95. The summed E-state index contributed by atoms with van der Waals surface area (Å²) < 4.78 is 2.19. The largest absolute Gasteiger partial charge is 0.351 e. The summed E-state index contributed by atoms with van der Waals surface area (Å²) in [4.78, 5) is 2.43. The number of rotatable bonds is 1. The summed E-state index contributed by atoms with van der Waals surface area (Å²) in [5.74, 6) is 0. The summed E-state index contributed by atoms with van der Waals surface area (Å²) in [7, 11) is 4.32. The highest BCUT2D eigenvalue weighted by atomic mass is 15.2. The number of hydrogen-bond acceptors (Lipinski definition) is 2. The molecule has 90 valence electrons. The Morgan fingerprint density at radius 3 is 2.94 bits per heavy atom. The topological polar surface area (TPSA) is 20.2 Å². The second kappa shape index (κ2) is 4.17. The fourth-order valence-electron chi connectivity index (χ4n) is 2.66. The molecule has 1 N–H and O–H groups in total. The lowest BCUT2D eigenvalue weighted by molar-refractivity contribution is 0.202. The van der Waals surface area contributed by atoms with Crippen LogP contribution < -0.4 is 5.32 Å². The first-order chi connectivity index (χ1) is 8.25. The summed E-state index contributed by atoms with van der Waals surface area (Å²) in [6, 6.07) is 9.48. The van der Waals surface area contributed by atoms with Crippen LogP contribution in [-0.2, 0) is 7.05 Å². The van der Waals surface area contributed by atoms with Gasteiger partial charge in [0, 0.05) is 44.4 Å². The van der Waals surface area contributed by atoms with Crippen LogP contribution in [0.15, 0.2) is 30.5 Å². The monoisotopic (exact) mass is 229 g/mol. The van der Waals surface area contributed by atoms with E-state index in [1.54, 1.807) is 0 Å². The van der Waals surface area contributed by atoms with Gasteiger partial charge in [0.25, 0.3) is 0 Å². The molecular weight excluding hydrogens is 210 g/mol. The summed E-state index contributed by atoms with van der Waals surface area (Å²) >= 11 is 0. The third-order valence-electron chi connectivity index (χ3n) is 3.81. The minimum Gasteiger partial charge on any atom is -0.351 e. The minimum absolute atomic E-state index is 0.503. The van der Waals surface area contributed by atoms with Crippen LogP contribution in [0.2, 0.25) is 0 Å². The van der Waals surface area contributed by atoms with Gasteiger partial charge in [0.2, 0.25) is 0 Å². The zero-order valence-corrected chi connectivity index (χ0v) is 10.5. The molecule has 1 aliphatic rings. The Morgan fingerprint density at radius 2 is 2.12 bits per heavy atom. The van der Waals surface area contributed by atoms with Gasteiger partial charge in [0.15, 0.2) is 0 Å². The van der Waals surface area contributed by atoms with Crippen molar-refractivity contribution in [3.63, 3.8) is 0 Å². The van der Waals surface area contributed by atoms with Gasteiger partial charge in [-0.3, -0.25) is 4.90 Å². The average molecular weight is 229 g/mol. The molecule has 1 atom stereocenters. The Labute approximate surface area is 102 Å². The number of aromatic nitrogens is 1. The standard InChI is InChI=1S/C14H19N3/c1-16-7-5-11-3-4-12(9-13(11)16)14-10-15-6-8-17(14)2/h3-5,7,9,14-15H,6,8,10H2,1-2H3. The highest BCUT2D eigenvalue weighted by Gasteiger charge is 2.20. The van der Waals surface area contributed by atoms with E-state index in [1.807, 2.05) is 0 Å².